The number of rotatable bonds is 4. The highest BCUT2D eigenvalue weighted by Gasteiger charge is 2.19. The topological polar surface area (TPSA) is 100 Å². The number of nitrogens with two attached hydrogens (primary N) is 1. The molecule has 0 unspecified atom stereocenters. The van der Waals surface area contributed by atoms with E-state index in [1.165, 1.54) is 5.56 Å². The molecule has 0 saturated heterocycles. The molecule has 0 fully saturated rings. The summed E-state index contributed by atoms with van der Waals surface area (Å²) in [5.41, 5.74) is 13.0. The van der Waals surface area contributed by atoms with Crippen LogP contribution in [0.4, 0.5) is 5.82 Å². The molecular formula is C23H22N8. The number of nitrogens with zero attached hydrogens (tertiary/aromatic N) is 7. The minimum atomic E-state index is 0.425. The number of benzene rings is 1. The first-order valence-electron chi connectivity index (χ1n) is 10.1. The van der Waals surface area contributed by atoms with Crippen molar-refractivity contribution >= 4 is 17.0 Å². The van der Waals surface area contributed by atoms with Crippen LogP contribution in [0.5, 0.6) is 0 Å². The van der Waals surface area contributed by atoms with Gasteiger partial charge in [-0.1, -0.05) is 19.1 Å². The van der Waals surface area contributed by atoms with E-state index in [9.17, 15) is 0 Å². The number of fused-ring (bicyclic) bond motifs is 1. The molecule has 31 heavy (non-hydrogen) atoms. The maximum absolute atomic E-state index is 6.20. The minimum Gasteiger partial charge on any atom is -0.383 e. The van der Waals surface area contributed by atoms with Gasteiger partial charge in [-0.3, -0.25) is 4.57 Å². The third-order valence-electron chi connectivity index (χ3n) is 5.31. The predicted molar refractivity (Wildman–Crippen MR) is 121 cm³/mol. The molecule has 0 aliphatic heterocycles. The van der Waals surface area contributed by atoms with Gasteiger partial charge in [0.1, 0.15) is 17.0 Å². The van der Waals surface area contributed by atoms with E-state index in [-0.39, 0.29) is 0 Å². The Morgan fingerprint density at radius 1 is 0.968 bits per heavy atom. The molecule has 0 spiro atoms. The van der Waals surface area contributed by atoms with Gasteiger partial charge in [-0.2, -0.15) is 15.0 Å². The van der Waals surface area contributed by atoms with Crippen molar-refractivity contribution in [3.05, 3.63) is 66.0 Å². The maximum atomic E-state index is 6.20. The molecule has 0 amide bonds. The van der Waals surface area contributed by atoms with Crippen LogP contribution in [0, 0.1) is 6.92 Å². The van der Waals surface area contributed by atoms with Gasteiger partial charge in [0, 0.05) is 18.9 Å². The zero-order chi connectivity index (χ0) is 21.5. The van der Waals surface area contributed by atoms with E-state index in [4.69, 9.17) is 15.7 Å². The van der Waals surface area contributed by atoms with Gasteiger partial charge in [-0.05, 0) is 55.3 Å². The van der Waals surface area contributed by atoms with Crippen LogP contribution in [-0.4, -0.2) is 34.5 Å². The Balaban J connectivity index is 1.80. The summed E-state index contributed by atoms with van der Waals surface area (Å²) in [4.78, 5) is 15.6. The number of anilines is 1. The van der Waals surface area contributed by atoms with Crippen LogP contribution in [0.15, 0.2) is 54.7 Å². The largest absolute Gasteiger partial charge is 0.383 e. The van der Waals surface area contributed by atoms with Crippen molar-refractivity contribution in [2.24, 2.45) is 7.05 Å². The first-order valence-corrected chi connectivity index (χ1v) is 10.1. The van der Waals surface area contributed by atoms with Gasteiger partial charge in [-0.15, -0.1) is 0 Å². The predicted octanol–water partition coefficient (Wildman–Crippen LogP) is 3.73. The second-order valence-electron chi connectivity index (χ2n) is 7.39. The molecule has 0 atom stereocenters. The zero-order valence-electron chi connectivity index (χ0n) is 17.6. The quantitative estimate of drug-likeness (QED) is 0.484. The smallest absolute Gasteiger partial charge is 0.165 e. The fraction of sp³-hybridized carbons (Fsp3) is 0.174. The summed E-state index contributed by atoms with van der Waals surface area (Å²) < 4.78 is 2.03. The SMILES string of the molecule is CCc1ccc(-n2c(-c3cccnc3N)nc3ccc(-c4nn(C)nc4C)nc32)cc1. The number of nitrogen functional groups attached to an aromatic ring is 1. The van der Waals surface area contributed by atoms with Crippen LogP contribution in [-0.2, 0) is 13.5 Å². The van der Waals surface area contributed by atoms with E-state index >= 15 is 0 Å². The molecule has 4 aromatic heterocycles. The summed E-state index contributed by atoms with van der Waals surface area (Å²) in [6.07, 6.45) is 2.65. The zero-order valence-corrected chi connectivity index (χ0v) is 17.6. The molecule has 4 heterocycles. The van der Waals surface area contributed by atoms with E-state index in [1.54, 1.807) is 18.0 Å². The van der Waals surface area contributed by atoms with Crippen molar-refractivity contribution < 1.29 is 0 Å². The van der Waals surface area contributed by atoms with Crippen molar-refractivity contribution in [2.45, 2.75) is 20.3 Å². The molecule has 0 radical (unpaired) electrons. The van der Waals surface area contributed by atoms with Crippen LogP contribution >= 0.6 is 0 Å². The maximum Gasteiger partial charge on any atom is 0.165 e. The molecule has 1 aromatic carbocycles. The van der Waals surface area contributed by atoms with Gasteiger partial charge in [0.15, 0.2) is 11.5 Å². The highest BCUT2D eigenvalue weighted by molar-refractivity contribution is 5.84. The van der Waals surface area contributed by atoms with Gasteiger partial charge in [0.25, 0.3) is 0 Å². The van der Waals surface area contributed by atoms with E-state index < -0.39 is 0 Å². The monoisotopic (exact) mass is 410 g/mol. The van der Waals surface area contributed by atoms with Gasteiger partial charge < -0.3 is 5.73 Å². The number of hydrogen-bond donors (Lipinski definition) is 1. The van der Waals surface area contributed by atoms with E-state index in [0.29, 0.717) is 11.6 Å². The summed E-state index contributed by atoms with van der Waals surface area (Å²) in [5, 5.41) is 8.82. The molecule has 8 heteroatoms. The molecule has 0 bridgehead atoms. The molecule has 0 saturated carbocycles. The van der Waals surface area contributed by atoms with Crippen LogP contribution in [0.1, 0.15) is 18.2 Å². The Labute approximate surface area is 179 Å². The van der Waals surface area contributed by atoms with Crippen molar-refractivity contribution in [3.63, 3.8) is 0 Å². The highest BCUT2D eigenvalue weighted by atomic mass is 15.5. The summed E-state index contributed by atoms with van der Waals surface area (Å²) in [6.45, 7) is 4.07. The number of aromatic nitrogens is 7. The fourth-order valence-corrected chi connectivity index (χ4v) is 3.74. The number of imidazole rings is 1. The lowest BCUT2D eigenvalue weighted by molar-refractivity contribution is 0.650. The second-order valence-corrected chi connectivity index (χ2v) is 7.39. The van der Waals surface area contributed by atoms with Gasteiger partial charge in [-0.25, -0.2) is 15.0 Å². The summed E-state index contributed by atoms with van der Waals surface area (Å²) in [7, 11) is 1.80. The Bertz CT molecular complexity index is 1400. The summed E-state index contributed by atoms with van der Waals surface area (Å²) in [6, 6.07) is 16.1. The molecule has 5 rings (SSSR count). The second kappa shape index (κ2) is 7.32. The lowest BCUT2D eigenvalue weighted by atomic mass is 10.1. The van der Waals surface area contributed by atoms with Crippen molar-refractivity contribution in [1.82, 2.24) is 34.5 Å². The Kier molecular flexibility index (Phi) is 4.47. The van der Waals surface area contributed by atoms with Gasteiger partial charge in [0.2, 0.25) is 0 Å². The van der Waals surface area contributed by atoms with Crippen molar-refractivity contribution in [2.75, 3.05) is 5.73 Å². The third kappa shape index (κ3) is 3.22. The summed E-state index contributed by atoms with van der Waals surface area (Å²) >= 11 is 0. The van der Waals surface area contributed by atoms with Crippen LogP contribution < -0.4 is 5.73 Å². The number of pyridine rings is 2. The van der Waals surface area contributed by atoms with Crippen molar-refractivity contribution in [1.29, 1.82) is 0 Å². The molecule has 8 nitrogen and oxygen atoms in total. The summed E-state index contributed by atoms with van der Waals surface area (Å²) in [5.74, 6) is 1.12. The van der Waals surface area contributed by atoms with E-state index in [2.05, 4.69) is 46.4 Å². The Hall–Kier alpha value is -4.07. The first-order chi connectivity index (χ1) is 15.0. The van der Waals surface area contributed by atoms with E-state index in [0.717, 1.165) is 45.9 Å². The minimum absolute atomic E-state index is 0.425. The van der Waals surface area contributed by atoms with Crippen molar-refractivity contribution in [3.8, 4) is 28.5 Å². The molecule has 154 valence electrons. The standard InChI is InChI=1S/C23H22N8/c1-4-15-7-9-16(10-8-15)31-22(17-6-5-13-25-21(17)24)27-19-12-11-18(26-23(19)31)20-14(2)28-30(3)29-20/h5-13H,4H2,1-3H3,(H2,24,25). The van der Waals surface area contributed by atoms with Gasteiger partial charge >= 0.3 is 0 Å². The third-order valence-corrected chi connectivity index (χ3v) is 5.31. The molecular weight excluding hydrogens is 388 g/mol. The fourth-order valence-electron chi connectivity index (χ4n) is 3.74. The normalized spacial score (nSPS) is 11.3. The lowest BCUT2D eigenvalue weighted by Crippen LogP contribution is -2.02. The van der Waals surface area contributed by atoms with Crippen LogP contribution in [0.3, 0.4) is 0 Å². The van der Waals surface area contributed by atoms with Crippen LogP contribution in [0.25, 0.3) is 39.6 Å². The average molecular weight is 410 g/mol. The Morgan fingerprint density at radius 3 is 2.45 bits per heavy atom. The number of hydrogen-bond acceptors (Lipinski definition) is 6. The highest BCUT2D eigenvalue weighted by Crippen LogP contribution is 2.31. The van der Waals surface area contributed by atoms with Gasteiger partial charge in [0.05, 0.1) is 17.0 Å². The molecule has 5 aromatic rings. The lowest BCUT2D eigenvalue weighted by Gasteiger charge is -2.11. The average Bonchev–Trinajstić information content (AvgIpc) is 3.32. The Morgan fingerprint density at radius 2 is 1.77 bits per heavy atom. The van der Waals surface area contributed by atoms with E-state index in [1.807, 2.05) is 35.8 Å². The molecule has 0 aliphatic rings. The molecule has 0 aliphatic carbocycles. The first kappa shape index (κ1) is 18.9. The number of aryl methyl sites for hydroxylation is 3. The van der Waals surface area contributed by atoms with Crippen LogP contribution in [0.2, 0.25) is 0 Å². The molecule has 2 N–H and O–H groups in total.